The van der Waals surface area contributed by atoms with Gasteiger partial charge < -0.3 is 9.84 Å². The van der Waals surface area contributed by atoms with Crippen LogP contribution in [-0.4, -0.2) is 21.5 Å². The quantitative estimate of drug-likeness (QED) is 0.893. The van der Waals surface area contributed by atoms with Crippen LogP contribution in [-0.2, 0) is 24.3 Å². The summed E-state index contributed by atoms with van der Waals surface area (Å²) in [7, 11) is 0. The number of aliphatic hydroxyl groups is 1. The molecule has 0 spiro atoms. The van der Waals surface area contributed by atoms with Crippen molar-refractivity contribution in [3.8, 4) is 0 Å². The Balaban J connectivity index is 1.81. The van der Waals surface area contributed by atoms with Gasteiger partial charge in [-0.1, -0.05) is 24.3 Å². The average Bonchev–Trinajstić information content (AvgIpc) is 2.87. The number of benzene rings is 1. The van der Waals surface area contributed by atoms with Gasteiger partial charge in [0.15, 0.2) is 0 Å². The predicted molar refractivity (Wildman–Crippen MR) is 67.0 cm³/mol. The minimum absolute atomic E-state index is 0.0299. The van der Waals surface area contributed by atoms with Crippen LogP contribution in [0.4, 0.5) is 0 Å². The molecule has 4 heteroatoms. The molecular formula is C14H16N2O2. The van der Waals surface area contributed by atoms with Crippen molar-refractivity contribution in [2.75, 3.05) is 6.61 Å². The normalized spacial score (nSPS) is 18.6. The van der Waals surface area contributed by atoms with Crippen LogP contribution in [0.3, 0.4) is 0 Å². The highest BCUT2D eigenvalue weighted by molar-refractivity contribution is 5.30. The lowest BCUT2D eigenvalue weighted by atomic mass is 9.98. The number of hydrogen-bond acceptors (Lipinski definition) is 3. The fourth-order valence-corrected chi connectivity index (χ4v) is 2.39. The summed E-state index contributed by atoms with van der Waals surface area (Å²) >= 11 is 0. The Labute approximate surface area is 106 Å². The highest BCUT2D eigenvalue weighted by atomic mass is 16.5. The van der Waals surface area contributed by atoms with Gasteiger partial charge in [-0.2, -0.15) is 5.10 Å². The Bertz CT molecular complexity index is 536. The summed E-state index contributed by atoms with van der Waals surface area (Å²) in [5.41, 5.74) is 3.45. The van der Waals surface area contributed by atoms with Gasteiger partial charge in [0, 0.05) is 11.8 Å². The summed E-state index contributed by atoms with van der Waals surface area (Å²) in [4.78, 5) is 0. The molecule has 0 saturated heterocycles. The van der Waals surface area contributed by atoms with Crippen molar-refractivity contribution in [2.24, 2.45) is 0 Å². The second kappa shape index (κ2) is 4.92. The summed E-state index contributed by atoms with van der Waals surface area (Å²) in [6, 6.07) is 8.39. The van der Waals surface area contributed by atoms with Crippen LogP contribution in [0.15, 0.2) is 36.7 Å². The molecule has 1 atom stereocenters. The summed E-state index contributed by atoms with van der Waals surface area (Å²) in [6.07, 6.45) is 4.59. The van der Waals surface area contributed by atoms with Crippen molar-refractivity contribution in [3.05, 3.63) is 53.3 Å². The van der Waals surface area contributed by atoms with Gasteiger partial charge >= 0.3 is 0 Å². The Hall–Kier alpha value is -1.65. The van der Waals surface area contributed by atoms with Crippen LogP contribution < -0.4 is 0 Å². The molecule has 2 aromatic rings. The van der Waals surface area contributed by atoms with Crippen LogP contribution in [0.2, 0.25) is 0 Å². The zero-order valence-corrected chi connectivity index (χ0v) is 10.1. The van der Waals surface area contributed by atoms with E-state index in [1.54, 1.807) is 6.20 Å². The van der Waals surface area contributed by atoms with Crippen LogP contribution >= 0.6 is 0 Å². The van der Waals surface area contributed by atoms with Crippen molar-refractivity contribution in [2.45, 2.75) is 25.7 Å². The Morgan fingerprint density at radius 2 is 2.28 bits per heavy atom. The molecule has 94 valence electrons. The fourth-order valence-electron chi connectivity index (χ4n) is 2.39. The third-order valence-electron chi connectivity index (χ3n) is 3.31. The van der Waals surface area contributed by atoms with E-state index in [-0.39, 0.29) is 12.7 Å². The number of aliphatic hydroxyl groups excluding tert-OH is 1. The topological polar surface area (TPSA) is 47.3 Å². The number of hydrogen-bond donors (Lipinski definition) is 1. The second-order valence-electron chi connectivity index (χ2n) is 4.54. The van der Waals surface area contributed by atoms with Gasteiger partial charge in [-0.05, 0) is 17.5 Å². The maximum atomic E-state index is 9.03. The minimum Gasteiger partial charge on any atom is -0.392 e. The second-order valence-corrected chi connectivity index (χ2v) is 4.54. The molecule has 1 aromatic carbocycles. The number of ether oxygens (including phenoxy) is 1. The third-order valence-corrected chi connectivity index (χ3v) is 3.31. The maximum absolute atomic E-state index is 9.03. The van der Waals surface area contributed by atoms with E-state index in [1.165, 1.54) is 11.1 Å². The van der Waals surface area contributed by atoms with Gasteiger partial charge in [-0.15, -0.1) is 0 Å². The SMILES string of the molecule is OCc1cnn(CC2OCCc3ccccc32)c1. The van der Waals surface area contributed by atoms with E-state index >= 15 is 0 Å². The molecule has 0 radical (unpaired) electrons. The maximum Gasteiger partial charge on any atom is 0.102 e. The lowest BCUT2D eigenvalue weighted by Gasteiger charge is -2.25. The van der Waals surface area contributed by atoms with Gasteiger partial charge in [0.05, 0.1) is 26.0 Å². The van der Waals surface area contributed by atoms with Gasteiger partial charge in [0.1, 0.15) is 6.10 Å². The van der Waals surface area contributed by atoms with E-state index < -0.39 is 0 Å². The Morgan fingerprint density at radius 3 is 3.11 bits per heavy atom. The Morgan fingerprint density at radius 1 is 1.39 bits per heavy atom. The standard InChI is InChI=1S/C14H16N2O2/c17-10-11-7-15-16(8-11)9-14-13-4-2-1-3-12(13)5-6-18-14/h1-4,7-8,14,17H,5-6,9-10H2. The van der Waals surface area contributed by atoms with E-state index in [2.05, 4.69) is 23.3 Å². The van der Waals surface area contributed by atoms with Crippen molar-refractivity contribution < 1.29 is 9.84 Å². The molecule has 0 saturated carbocycles. The molecule has 4 nitrogen and oxygen atoms in total. The summed E-state index contributed by atoms with van der Waals surface area (Å²) in [5.74, 6) is 0. The summed E-state index contributed by atoms with van der Waals surface area (Å²) < 4.78 is 7.66. The monoisotopic (exact) mass is 244 g/mol. The molecule has 0 bridgehead atoms. The number of aromatic nitrogens is 2. The predicted octanol–water partition coefficient (Wildman–Crippen LogP) is 1.69. The summed E-state index contributed by atoms with van der Waals surface area (Å²) in [5, 5.41) is 13.3. The molecule has 3 rings (SSSR count). The lowest BCUT2D eigenvalue weighted by molar-refractivity contribution is 0.0282. The Kier molecular flexibility index (Phi) is 3.13. The number of rotatable bonds is 3. The molecule has 1 N–H and O–H groups in total. The van der Waals surface area contributed by atoms with E-state index in [1.807, 2.05) is 16.9 Å². The summed E-state index contributed by atoms with van der Waals surface area (Å²) in [6.45, 7) is 1.48. The van der Waals surface area contributed by atoms with E-state index in [0.717, 1.165) is 18.6 Å². The molecule has 1 aromatic heterocycles. The zero-order valence-electron chi connectivity index (χ0n) is 10.1. The van der Waals surface area contributed by atoms with Gasteiger partial charge in [0.2, 0.25) is 0 Å². The van der Waals surface area contributed by atoms with E-state index in [0.29, 0.717) is 6.54 Å². The van der Waals surface area contributed by atoms with Gasteiger partial charge in [0.25, 0.3) is 0 Å². The molecule has 0 aliphatic carbocycles. The van der Waals surface area contributed by atoms with Crippen molar-refractivity contribution >= 4 is 0 Å². The molecule has 2 heterocycles. The molecule has 1 aliphatic heterocycles. The van der Waals surface area contributed by atoms with Crippen molar-refractivity contribution in [3.63, 3.8) is 0 Å². The smallest absolute Gasteiger partial charge is 0.102 e. The minimum atomic E-state index is 0.0299. The molecule has 1 aliphatic rings. The molecule has 0 fully saturated rings. The highest BCUT2D eigenvalue weighted by Crippen LogP contribution is 2.28. The first-order valence-corrected chi connectivity index (χ1v) is 6.18. The van der Waals surface area contributed by atoms with E-state index in [9.17, 15) is 0 Å². The van der Waals surface area contributed by atoms with Crippen LogP contribution in [0.5, 0.6) is 0 Å². The largest absolute Gasteiger partial charge is 0.392 e. The van der Waals surface area contributed by atoms with E-state index in [4.69, 9.17) is 9.84 Å². The van der Waals surface area contributed by atoms with Crippen LogP contribution in [0.25, 0.3) is 0 Å². The molecule has 1 unspecified atom stereocenters. The lowest BCUT2D eigenvalue weighted by Crippen LogP contribution is -2.20. The fraction of sp³-hybridized carbons (Fsp3) is 0.357. The van der Waals surface area contributed by atoms with Gasteiger partial charge in [-0.25, -0.2) is 0 Å². The first-order chi connectivity index (χ1) is 8.86. The van der Waals surface area contributed by atoms with Crippen molar-refractivity contribution in [1.82, 2.24) is 9.78 Å². The number of fused-ring (bicyclic) bond motifs is 1. The highest BCUT2D eigenvalue weighted by Gasteiger charge is 2.20. The zero-order chi connectivity index (χ0) is 12.4. The molecule has 0 amide bonds. The molecule has 18 heavy (non-hydrogen) atoms. The average molecular weight is 244 g/mol. The third kappa shape index (κ3) is 2.17. The van der Waals surface area contributed by atoms with Crippen molar-refractivity contribution in [1.29, 1.82) is 0 Å². The first kappa shape index (κ1) is 11.4. The van der Waals surface area contributed by atoms with Gasteiger partial charge in [-0.3, -0.25) is 4.68 Å². The number of nitrogens with zero attached hydrogens (tertiary/aromatic N) is 2. The first-order valence-electron chi connectivity index (χ1n) is 6.18. The molecular weight excluding hydrogens is 228 g/mol. The van der Waals surface area contributed by atoms with Crippen LogP contribution in [0, 0.1) is 0 Å². The van der Waals surface area contributed by atoms with Crippen LogP contribution in [0.1, 0.15) is 22.8 Å².